The molecule has 0 saturated heterocycles. The number of rotatable bonds is 7. The summed E-state index contributed by atoms with van der Waals surface area (Å²) in [4.78, 5) is 2.49. The van der Waals surface area contributed by atoms with Gasteiger partial charge in [-0.2, -0.15) is 0 Å². The minimum atomic E-state index is -0.153. The summed E-state index contributed by atoms with van der Waals surface area (Å²) in [6, 6.07) is 59.6. The van der Waals surface area contributed by atoms with E-state index in [4.69, 9.17) is 4.42 Å². The topological polar surface area (TPSA) is 16.4 Å². The fourth-order valence-corrected chi connectivity index (χ4v) is 9.88. The SMILES string of the molecule is CC1(C)c2ccc(N(C3=CC=C(C4C=CC=C(c5ccccc5)C4)CC3)c3ccc(-c4cccc(-c5ccccc5)c4)cc3)cc2-c2c1ccc1c2oc2ccccc21. The lowest BCUT2D eigenvalue weighted by atomic mass is 9.81. The van der Waals surface area contributed by atoms with Gasteiger partial charge in [0.15, 0.2) is 0 Å². The number of furan rings is 1. The van der Waals surface area contributed by atoms with Crippen molar-refractivity contribution in [1.29, 1.82) is 0 Å². The van der Waals surface area contributed by atoms with E-state index in [1.807, 2.05) is 0 Å². The van der Waals surface area contributed by atoms with Gasteiger partial charge in [-0.3, -0.25) is 0 Å². The van der Waals surface area contributed by atoms with E-state index in [9.17, 15) is 0 Å². The van der Waals surface area contributed by atoms with Crippen molar-refractivity contribution in [2.75, 3.05) is 4.90 Å². The van der Waals surface area contributed by atoms with Gasteiger partial charge < -0.3 is 9.32 Å². The van der Waals surface area contributed by atoms with Gasteiger partial charge in [-0.05, 0) is 112 Å². The highest BCUT2D eigenvalue weighted by molar-refractivity contribution is 6.12. The summed E-state index contributed by atoms with van der Waals surface area (Å²) in [5.74, 6) is 0.400. The number of hydrogen-bond donors (Lipinski definition) is 0. The predicted octanol–water partition coefficient (Wildman–Crippen LogP) is 15.6. The van der Waals surface area contributed by atoms with E-state index in [-0.39, 0.29) is 5.41 Å². The third-order valence-corrected chi connectivity index (χ3v) is 13.0. The molecule has 0 spiro atoms. The highest BCUT2D eigenvalue weighted by Crippen LogP contribution is 2.54. The van der Waals surface area contributed by atoms with E-state index < -0.39 is 0 Å². The molecule has 2 nitrogen and oxygen atoms in total. The Morgan fingerprint density at radius 1 is 0.542 bits per heavy atom. The molecule has 7 aromatic carbocycles. The van der Waals surface area contributed by atoms with Gasteiger partial charge in [0.25, 0.3) is 0 Å². The van der Waals surface area contributed by atoms with Crippen LogP contribution < -0.4 is 4.90 Å². The highest BCUT2D eigenvalue weighted by atomic mass is 16.3. The molecule has 8 aromatic rings. The molecule has 3 aliphatic rings. The van der Waals surface area contributed by atoms with Crippen molar-refractivity contribution >= 4 is 38.9 Å². The molecule has 11 rings (SSSR count). The Morgan fingerprint density at radius 2 is 1.22 bits per heavy atom. The molecule has 3 aliphatic carbocycles. The second-order valence-electron chi connectivity index (χ2n) is 16.8. The molecule has 1 atom stereocenters. The number of nitrogens with zero attached hydrogens (tertiary/aromatic N) is 1. The van der Waals surface area contributed by atoms with Gasteiger partial charge >= 0.3 is 0 Å². The van der Waals surface area contributed by atoms with Crippen molar-refractivity contribution in [2.24, 2.45) is 5.92 Å². The third-order valence-electron chi connectivity index (χ3n) is 13.0. The van der Waals surface area contributed by atoms with Crippen molar-refractivity contribution in [1.82, 2.24) is 0 Å². The van der Waals surface area contributed by atoms with Crippen molar-refractivity contribution in [3.05, 3.63) is 222 Å². The van der Waals surface area contributed by atoms with Crippen LogP contribution >= 0.6 is 0 Å². The van der Waals surface area contributed by atoms with Crippen LogP contribution in [0.4, 0.5) is 11.4 Å². The number of allylic oxidation sites excluding steroid dienone is 8. The lowest BCUT2D eigenvalue weighted by Crippen LogP contribution is -2.20. The molecule has 284 valence electrons. The Morgan fingerprint density at radius 3 is 1.98 bits per heavy atom. The lowest BCUT2D eigenvalue weighted by Gasteiger charge is -2.32. The quantitative estimate of drug-likeness (QED) is 0.161. The summed E-state index contributed by atoms with van der Waals surface area (Å²) in [7, 11) is 0. The number of fused-ring (bicyclic) bond motifs is 7. The van der Waals surface area contributed by atoms with Crippen molar-refractivity contribution in [2.45, 2.75) is 38.5 Å². The van der Waals surface area contributed by atoms with Crippen LogP contribution in [0, 0.1) is 5.92 Å². The third kappa shape index (κ3) is 6.10. The number of hydrogen-bond acceptors (Lipinski definition) is 2. The largest absolute Gasteiger partial charge is 0.455 e. The highest BCUT2D eigenvalue weighted by Gasteiger charge is 2.38. The minimum Gasteiger partial charge on any atom is -0.455 e. The average molecular weight is 760 g/mol. The minimum absolute atomic E-state index is 0.153. The lowest BCUT2D eigenvalue weighted by molar-refractivity contribution is 0.653. The van der Waals surface area contributed by atoms with Crippen LogP contribution in [0.2, 0.25) is 0 Å². The van der Waals surface area contributed by atoms with E-state index in [1.54, 1.807) is 0 Å². The molecular formula is C57H45NO. The first kappa shape index (κ1) is 35.3. The van der Waals surface area contributed by atoms with Crippen molar-refractivity contribution in [3.8, 4) is 33.4 Å². The number of anilines is 2. The normalized spacial score (nSPS) is 16.6. The Bertz CT molecular complexity index is 3030. The van der Waals surface area contributed by atoms with Crippen LogP contribution in [0.25, 0.3) is 60.9 Å². The molecule has 2 heteroatoms. The molecule has 1 aromatic heterocycles. The maximum atomic E-state index is 6.70. The predicted molar refractivity (Wildman–Crippen MR) is 248 cm³/mol. The second-order valence-corrected chi connectivity index (χ2v) is 16.8. The van der Waals surface area contributed by atoms with Gasteiger partial charge in [0.1, 0.15) is 11.2 Å². The smallest absolute Gasteiger partial charge is 0.143 e. The molecule has 0 amide bonds. The van der Waals surface area contributed by atoms with Crippen LogP contribution in [0.3, 0.4) is 0 Å². The molecule has 0 aliphatic heterocycles. The summed E-state index contributed by atoms with van der Waals surface area (Å²) in [5.41, 5.74) is 19.6. The van der Waals surface area contributed by atoms with E-state index in [2.05, 4.69) is 213 Å². The van der Waals surface area contributed by atoms with Gasteiger partial charge in [0, 0.05) is 44.7 Å². The molecule has 0 fully saturated rings. The Kier molecular flexibility index (Phi) is 8.48. The van der Waals surface area contributed by atoms with E-state index in [0.717, 1.165) is 47.2 Å². The van der Waals surface area contributed by atoms with Crippen LogP contribution in [0.5, 0.6) is 0 Å². The van der Waals surface area contributed by atoms with E-state index in [0.29, 0.717) is 5.92 Å². The van der Waals surface area contributed by atoms with Gasteiger partial charge in [0.2, 0.25) is 0 Å². The molecule has 0 bridgehead atoms. The number of para-hydroxylation sites is 1. The molecule has 0 radical (unpaired) electrons. The zero-order valence-electron chi connectivity index (χ0n) is 33.5. The summed E-state index contributed by atoms with van der Waals surface area (Å²) in [6.45, 7) is 4.70. The Balaban J connectivity index is 1.00. The summed E-state index contributed by atoms with van der Waals surface area (Å²) in [5, 5.41) is 2.34. The maximum Gasteiger partial charge on any atom is 0.143 e. The molecule has 1 heterocycles. The summed E-state index contributed by atoms with van der Waals surface area (Å²) in [6.07, 6.45) is 14.7. The first-order valence-corrected chi connectivity index (χ1v) is 21.0. The molecular weight excluding hydrogens is 715 g/mol. The van der Waals surface area contributed by atoms with Crippen molar-refractivity contribution < 1.29 is 4.42 Å². The van der Waals surface area contributed by atoms with Crippen LogP contribution in [0.1, 0.15) is 49.8 Å². The molecule has 0 N–H and O–H groups in total. The standard InChI is InChI=1S/C57H45NO/c1-57(2)52-33-31-48(37-51(52)55-53(57)34-32-50-49-21-9-10-22-54(49)59-56(50)55)58(46-27-23-40(24-28-46)44-19-11-17-42(35-44)38-13-5-3-6-14-38)47-29-25-41(26-30-47)45-20-12-18-43(36-45)39-15-7-4-8-16-39/h3-25,27-29,31-35,37,45H,26,30,36H2,1-2H3. The monoisotopic (exact) mass is 759 g/mol. The van der Waals surface area contributed by atoms with Crippen LogP contribution in [-0.2, 0) is 5.41 Å². The summed E-state index contributed by atoms with van der Waals surface area (Å²) >= 11 is 0. The molecule has 0 saturated carbocycles. The first-order valence-electron chi connectivity index (χ1n) is 21.0. The zero-order valence-corrected chi connectivity index (χ0v) is 33.5. The molecule has 1 unspecified atom stereocenters. The van der Waals surface area contributed by atoms with E-state index >= 15 is 0 Å². The summed E-state index contributed by atoms with van der Waals surface area (Å²) < 4.78 is 6.70. The average Bonchev–Trinajstić information content (AvgIpc) is 3.79. The van der Waals surface area contributed by atoms with Gasteiger partial charge in [0.05, 0.1) is 0 Å². The van der Waals surface area contributed by atoms with Gasteiger partial charge in [-0.15, -0.1) is 0 Å². The van der Waals surface area contributed by atoms with Crippen LogP contribution in [-0.4, -0.2) is 0 Å². The number of benzene rings is 7. The second kappa shape index (κ2) is 14.2. The van der Waals surface area contributed by atoms with E-state index in [1.165, 1.54) is 72.3 Å². The van der Waals surface area contributed by atoms with Crippen LogP contribution in [0.15, 0.2) is 210 Å². The first-order chi connectivity index (χ1) is 29.0. The fraction of sp³-hybridized carbons (Fsp3) is 0.123. The zero-order chi connectivity index (χ0) is 39.5. The van der Waals surface area contributed by atoms with Crippen molar-refractivity contribution in [3.63, 3.8) is 0 Å². The fourth-order valence-electron chi connectivity index (χ4n) is 9.88. The Labute approximate surface area is 346 Å². The van der Waals surface area contributed by atoms with Gasteiger partial charge in [-0.25, -0.2) is 0 Å². The molecule has 59 heavy (non-hydrogen) atoms. The van der Waals surface area contributed by atoms with Gasteiger partial charge in [-0.1, -0.05) is 171 Å². The Hall–Kier alpha value is -6.90. The maximum absolute atomic E-state index is 6.70.